The monoisotopic (exact) mass is 472 g/mol. The molecule has 1 saturated carbocycles. The van der Waals surface area contributed by atoms with E-state index in [2.05, 4.69) is 4.98 Å². The fourth-order valence-corrected chi connectivity index (χ4v) is 6.14. The minimum absolute atomic E-state index is 0.0568. The van der Waals surface area contributed by atoms with Crippen LogP contribution >= 0.6 is 0 Å². The summed E-state index contributed by atoms with van der Waals surface area (Å²) in [6.45, 7) is 4.20. The van der Waals surface area contributed by atoms with Crippen molar-refractivity contribution < 1.29 is 22.6 Å². The molecule has 178 valence electrons. The number of hydrogen-bond donors (Lipinski definition) is 0. The summed E-state index contributed by atoms with van der Waals surface area (Å²) in [5, 5.41) is 0. The van der Waals surface area contributed by atoms with Crippen LogP contribution in [0.15, 0.2) is 41.4 Å². The largest absolute Gasteiger partial charge is 0.493 e. The van der Waals surface area contributed by atoms with E-state index >= 15 is 0 Å². The molecule has 0 N–H and O–H groups in total. The van der Waals surface area contributed by atoms with Gasteiger partial charge in [-0.05, 0) is 62.6 Å². The van der Waals surface area contributed by atoms with Gasteiger partial charge in [-0.15, -0.1) is 0 Å². The summed E-state index contributed by atoms with van der Waals surface area (Å²) < 4.78 is 45.9. The zero-order valence-corrected chi connectivity index (χ0v) is 20.5. The molecule has 1 aromatic heterocycles. The van der Waals surface area contributed by atoms with Crippen LogP contribution in [0.1, 0.15) is 57.1 Å². The highest BCUT2D eigenvalue weighted by Crippen LogP contribution is 2.35. The number of nitrogens with zero attached hydrogens (tertiary/aromatic N) is 2. The molecule has 4 rings (SSSR count). The number of aromatic nitrogens is 1. The highest BCUT2D eigenvalue weighted by molar-refractivity contribution is 7.89. The molecule has 2 aliphatic rings. The molecule has 0 spiro atoms. The van der Waals surface area contributed by atoms with Gasteiger partial charge in [0, 0.05) is 30.4 Å². The van der Waals surface area contributed by atoms with Gasteiger partial charge in [0.05, 0.1) is 19.1 Å². The van der Waals surface area contributed by atoms with Gasteiger partial charge in [-0.1, -0.05) is 19.3 Å². The molecule has 1 fully saturated rings. The molecular formula is C25H32N2O5S. The van der Waals surface area contributed by atoms with Crippen LogP contribution < -0.4 is 14.2 Å². The van der Waals surface area contributed by atoms with Gasteiger partial charge in [-0.3, -0.25) is 0 Å². The smallest absolute Gasteiger partial charge is 0.243 e. The lowest BCUT2D eigenvalue weighted by atomic mass is 9.95. The Hall–Kier alpha value is -2.58. The number of pyridine rings is 1. The first-order valence-corrected chi connectivity index (χ1v) is 12.8. The number of sulfonamides is 1. The standard InChI is InChI=1S/C25H32N2O5S/c1-25(2)13-12-19-14-18(16-26-24(19)32-25)17-27(20-8-6-5-7-9-20)33(28,29)21-10-11-22(30-3)23(15-21)31-4/h10-16,20H,5-9,17H2,1-4H3. The van der Waals surface area contributed by atoms with Gasteiger partial charge in [0.1, 0.15) is 5.60 Å². The molecule has 7 nitrogen and oxygen atoms in total. The molecule has 0 amide bonds. The second kappa shape index (κ2) is 9.35. The van der Waals surface area contributed by atoms with Gasteiger partial charge in [0.15, 0.2) is 11.5 Å². The van der Waals surface area contributed by atoms with Crippen LogP contribution in [0.2, 0.25) is 0 Å². The minimum atomic E-state index is -3.78. The molecule has 2 heterocycles. The van der Waals surface area contributed by atoms with Crippen molar-refractivity contribution in [2.45, 2.75) is 69.0 Å². The fourth-order valence-electron chi connectivity index (χ4n) is 4.45. The lowest BCUT2D eigenvalue weighted by molar-refractivity contribution is 0.151. The summed E-state index contributed by atoms with van der Waals surface area (Å²) in [4.78, 5) is 4.68. The third-order valence-electron chi connectivity index (χ3n) is 6.24. The molecule has 0 atom stereocenters. The quantitative estimate of drug-likeness (QED) is 0.576. The number of hydrogen-bond acceptors (Lipinski definition) is 6. The summed E-state index contributed by atoms with van der Waals surface area (Å²) >= 11 is 0. The molecule has 2 aromatic rings. The molecule has 0 bridgehead atoms. The Morgan fingerprint density at radius 2 is 1.82 bits per heavy atom. The zero-order chi connectivity index (χ0) is 23.6. The summed E-state index contributed by atoms with van der Waals surface area (Å²) in [6.07, 6.45) is 10.6. The van der Waals surface area contributed by atoms with Crippen molar-refractivity contribution in [3.63, 3.8) is 0 Å². The van der Waals surface area contributed by atoms with E-state index in [1.165, 1.54) is 20.3 Å². The molecule has 1 aromatic carbocycles. The number of rotatable bonds is 7. The minimum Gasteiger partial charge on any atom is -0.493 e. The van der Waals surface area contributed by atoms with Crippen LogP contribution in [0.25, 0.3) is 6.08 Å². The number of benzene rings is 1. The summed E-state index contributed by atoms with van der Waals surface area (Å²) in [5.74, 6) is 1.45. The molecule has 33 heavy (non-hydrogen) atoms. The van der Waals surface area contributed by atoms with E-state index < -0.39 is 15.6 Å². The predicted octanol–water partition coefficient (Wildman–Crippen LogP) is 4.81. The molecular weight excluding hydrogens is 440 g/mol. The average molecular weight is 473 g/mol. The van der Waals surface area contributed by atoms with Crippen LogP contribution in [0, 0.1) is 0 Å². The lowest BCUT2D eigenvalue weighted by Gasteiger charge is -2.34. The lowest BCUT2D eigenvalue weighted by Crippen LogP contribution is -2.41. The SMILES string of the molecule is COc1ccc(S(=O)(=O)N(Cc2cnc3c(c2)C=CC(C)(C)O3)C2CCCCC2)cc1OC. The Morgan fingerprint density at radius 3 is 2.52 bits per heavy atom. The van der Waals surface area contributed by atoms with Crippen molar-refractivity contribution >= 4 is 16.1 Å². The Bertz CT molecular complexity index is 1140. The summed E-state index contributed by atoms with van der Waals surface area (Å²) in [6, 6.07) is 6.66. The Balaban J connectivity index is 1.69. The van der Waals surface area contributed by atoms with Crippen LogP contribution in [0.5, 0.6) is 17.4 Å². The normalized spacial score (nSPS) is 18.0. The van der Waals surface area contributed by atoms with E-state index in [0.29, 0.717) is 17.4 Å². The Kier molecular flexibility index (Phi) is 6.68. The van der Waals surface area contributed by atoms with Gasteiger partial charge in [0.25, 0.3) is 0 Å². The van der Waals surface area contributed by atoms with Crippen LogP contribution in [-0.2, 0) is 16.6 Å². The first-order valence-electron chi connectivity index (χ1n) is 11.3. The van der Waals surface area contributed by atoms with Crippen molar-refractivity contribution in [1.82, 2.24) is 9.29 Å². The van der Waals surface area contributed by atoms with Gasteiger partial charge in [0.2, 0.25) is 15.9 Å². The third-order valence-corrected chi connectivity index (χ3v) is 8.14. The number of methoxy groups -OCH3 is 2. The maximum absolute atomic E-state index is 13.8. The Morgan fingerprint density at radius 1 is 1.09 bits per heavy atom. The molecule has 0 radical (unpaired) electrons. The maximum Gasteiger partial charge on any atom is 0.243 e. The molecule has 1 aliphatic carbocycles. The van der Waals surface area contributed by atoms with E-state index in [0.717, 1.165) is 43.2 Å². The molecule has 1 aliphatic heterocycles. The predicted molar refractivity (Wildman–Crippen MR) is 127 cm³/mol. The third kappa shape index (κ3) is 5.01. The molecule has 8 heteroatoms. The van der Waals surface area contributed by atoms with Gasteiger partial charge in [-0.2, -0.15) is 4.31 Å². The maximum atomic E-state index is 13.8. The summed E-state index contributed by atoms with van der Waals surface area (Å²) in [7, 11) is -0.742. The average Bonchev–Trinajstić information content (AvgIpc) is 2.82. The first kappa shape index (κ1) is 23.6. The van der Waals surface area contributed by atoms with Gasteiger partial charge in [-0.25, -0.2) is 13.4 Å². The Labute approximate surface area is 196 Å². The van der Waals surface area contributed by atoms with Crippen molar-refractivity contribution in [3.8, 4) is 17.4 Å². The second-order valence-corrected chi connectivity index (χ2v) is 11.0. The molecule has 0 unspecified atom stereocenters. The van der Waals surface area contributed by atoms with Crippen molar-refractivity contribution in [3.05, 3.63) is 47.7 Å². The zero-order valence-electron chi connectivity index (χ0n) is 19.7. The number of fused-ring (bicyclic) bond motifs is 1. The summed E-state index contributed by atoms with van der Waals surface area (Å²) in [5.41, 5.74) is 1.28. The molecule has 0 saturated heterocycles. The fraction of sp³-hybridized carbons (Fsp3) is 0.480. The number of ether oxygens (including phenoxy) is 3. The van der Waals surface area contributed by atoms with Gasteiger partial charge >= 0.3 is 0 Å². The van der Waals surface area contributed by atoms with Crippen LogP contribution in [0.3, 0.4) is 0 Å². The van der Waals surface area contributed by atoms with E-state index in [4.69, 9.17) is 14.2 Å². The van der Waals surface area contributed by atoms with Crippen molar-refractivity contribution in [2.24, 2.45) is 0 Å². The van der Waals surface area contributed by atoms with Crippen molar-refractivity contribution in [2.75, 3.05) is 14.2 Å². The topological polar surface area (TPSA) is 78.0 Å². The highest BCUT2D eigenvalue weighted by Gasteiger charge is 2.33. The first-order chi connectivity index (χ1) is 15.7. The highest BCUT2D eigenvalue weighted by atomic mass is 32.2. The van der Waals surface area contributed by atoms with Crippen LogP contribution in [-0.4, -0.2) is 43.6 Å². The van der Waals surface area contributed by atoms with E-state index in [1.54, 1.807) is 22.6 Å². The van der Waals surface area contributed by atoms with E-state index in [-0.39, 0.29) is 17.5 Å². The van der Waals surface area contributed by atoms with Gasteiger partial charge < -0.3 is 14.2 Å². The second-order valence-electron chi connectivity index (χ2n) is 9.14. The van der Waals surface area contributed by atoms with Crippen LogP contribution in [0.4, 0.5) is 0 Å². The van der Waals surface area contributed by atoms with Crippen molar-refractivity contribution in [1.29, 1.82) is 0 Å². The van der Waals surface area contributed by atoms with E-state index in [1.807, 2.05) is 32.1 Å². The van der Waals surface area contributed by atoms with E-state index in [9.17, 15) is 8.42 Å².